The number of hydrogen-bond donors (Lipinski definition) is 0. The molecule has 0 aliphatic carbocycles. The predicted octanol–water partition coefficient (Wildman–Crippen LogP) is 3.49. The number of likely N-dealkylation sites (N-methyl/N-ethyl adjacent to an activating group) is 1. The molecule has 0 saturated heterocycles. The number of rotatable bonds is 7. The molecule has 0 fully saturated rings. The molecule has 2 aromatic carbocycles. The first kappa shape index (κ1) is 15.2. The van der Waals surface area contributed by atoms with Crippen LogP contribution in [0.1, 0.15) is 5.56 Å². The van der Waals surface area contributed by atoms with Crippen LogP contribution >= 0.6 is 8.15 Å². The van der Waals surface area contributed by atoms with Gasteiger partial charge in [-0.05, 0) is 19.7 Å². The molecule has 0 heterocycles. The third-order valence-corrected chi connectivity index (χ3v) is 5.02. The molecule has 2 rings (SSSR count). The number of hydrogen-bond acceptors (Lipinski definition) is 2. The Morgan fingerprint density at radius 2 is 1.50 bits per heavy atom. The minimum absolute atomic E-state index is 0.589. The highest BCUT2D eigenvalue weighted by atomic mass is 31.1. The summed E-state index contributed by atoms with van der Waals surface area (Å²) in [6.45, 7) is 1.74. The first-order valence-electron chi connectivity index (χ1n) is 6.90. The highest BCUT2D eigenvalue weighted by Gasteiger charge is 2.12. The van der Waals surface area contributed by atoms with Crippen LogP contribution in [0.5, 0.6) is 0 Å². The molecule has 0 amide bonds. The van der Waals surface area contributed by atoms with Crippen molar-refractivity contribution in [1.82, 2.24) is 4.90 Å². The van der Waals surface area contributed by atoms with Crippen LogP contribution in [-0.4, -0.2) is 32.1 Å². The average molecular weight is 287 g/mol. The lowest BCUT2D eigenvalue weighted by atomic mass is 10.2. The van der Waals surface area contributed by atoms with Gasteiger partial charge in [0.2, 0.25) is 0 Å². The molecule has 0 aromatic heterocycles. The zero-order valence-corrected chi connectivity index (χ0v) is 13.1. The summed E-state index contributed by atoms with van der Waals surface area (Å²) in [4.78, 5) is 2.15. The average Bonchev–Trinajstić information content (AvgIpc) is 2.48. The molecular weight excluding hydrogens is 265 g/mol. The molecule has 2 nitrogen and oxygen atoms in total. The zero-order chi connectivity index (χ0) is 14.2. The Morgan fingerprint density at radius 3 is 2.10 bits per heavy atom. The summed E-state index contributed by atoms with van der Waals surface area (Å²) in [5.41, 5.74) is 1.34. The van der Waals surface area contributed by atoms with Gasteiger partial charge in [0.25, 0.3) is 0 Å². The van der Waals surface area contributed by atoms with E-state index in [2.05, 4.69) is 79.7 Å². The fourth-order valence-corrected chi connectivity index (χ4v) is 3.66. The molecule has 0 radical (unpaired) electrons. The monoisotopic (exact) mass is 287 g/mol. The van der Waals surface area contributed by atoms with E-state index in [1.54, 1.807) is 0 Å². The van der Waals surface area contributed by atoms with Gasteiger partial charge in [-0.1, -0.05) is 60.7 Å². The summed E-state index contributed by atoms with van der Waals surface area (Å²) >= 11 is 0. The molecule has 2 aromatic rings. The van der Waals surface area contributed by atoms with E-state index in [0.717, 1.165) is 19.3 Å². The van der Waals surface area contributed by atoms with Gasteiger partial charge in [0.05, 0.1) is 14.8 Å². The zero-order valence-electron chi connectivity index (χ0n) is 12.2. The third kappa shape index (κ3) is 5.05. The summed E-state index contributed by atoms with van der Waals surface area (Å²) in [5, 5.41) is 1.31. The molecule has 0 aliphatic rings. The standard InChI is InChI=1S/C17H22NOP/c1-18(2)13-14-19-20(17-11-7-4-8-12-17)15-16-9-5-3-6-10-16/h3-12H,13-15H2,1-2H3. The van der Waals surface area contributed by atoms with Crippen LogP contribution < -0.4 is 5.30 Å². The second-order valence-corrected chi connectivity index (χ2v) is 6.84. The molecule has 20 heavy (non-hydrogen) atoms. The SMILES string of the molecule is CN(C)CCOP(Cc1ccccc1)c1ccccc1. The van der Waals surface area contributed by atoms with Gasteiger partial charge in [0.1, 0.15) is 0 Å². The lowest BCUT2D eigenvalue weighted by molar-refractivity contribution is 0.283. The van der Waals surface area contributed by atoms with Crippen molar-refractivity contribution in [2.45, 2.75) is 6.16 Å². The van der Waals surface area contributed by atoms with Crippen molar-refractivity contribution >= 4 is 13.5 Å². The minimum atomic E-state index is -0.589. The summed E-state index contributed by atoms with van der Waals surface area (Å²) in [5.74, 6) is 0. The topological polar surface area (TPSA) is 12.5 Å². The molecule has 0 aliphatic heterocycles. The van der Waals surface area contributed by atoms with Gasteiger partial charge in [-0.15, -0.1) is 0 Å². The molecule has 1 atom stereocenters. The summed E-state index contributed by atoms with van der Waals surface area (Å²) in [7, 11) is 3.56. The van der Waals surface area contributed by atoms with Crippen LogP contribution in [0, 0.1) is 0 Å². The van der Waals surface area contributed by atoms with Crippen LogP contribution in [0.4, 0.5) is 0 Å². The van der Waals surface area contributed by atoms with Crippen molar-refractivity contribution in [3.05, 3.63) is 66.2 Å². The fourth-order valence-electron chi connectivity index (χ4n) is 1.89. The quantitative estimate of drug-likeness (QED) is 0.723. The van der Waals surface area contributed by atoms with Crippen molar-refractivity contribution in [1.29, 1.82) is 0 Å². The smallest absolute Gasteiger partial charge is 0.0649 e. The van der Waals surface area contributed by atoms with Crippen molar-refractivity contribution < 1.29 is 4.52 Å². The molecule has 0 spiro atoms. The van der Waals surface area contributed by atoms with Crippen LogP contribution in [-0.2, 0) is 10.7 Å². The van der Waals surface area contributed by atoms with E-state index in [1.165, 1.54) is 10.9 Å². The number of benzene rings is 2. The highest BCUT2D eigenvalue weighted by molar-refractivity contribution is 7.60. The Labute approximate surface area is 123 Å². The van der Waals surface area contributed by atoms with Gasteiger partial charge < -0.3 is 9.42 Å². The lowest BCUT2D eigenvalue weighted by Crippen LogP contribution is -2.18. The van der Waals surface area contributed by atoms with Gasteiger partial charge >= 0.3 is 0 Å². The molecule has 106 valence electrons. The van der Waals surface area contributed by atoms with Gasteiger partial charge in [0, 0.05) is 18.0 Å². The van der Waals surface area contributed by atoms with Gasteiger partial charge in [-0.2, -0.15) is 0 Å². The van der Waals surface area contributed by atoms with Gasteiger partial charge in [-0.3, -0.25) is 0 Å². The number of nitrogens with zero attached hydrogens (tertiary/aromatic N) is 1. The second kappa shape index (κ2) is 8.16. The van der Waals surface area contributed by atoms with Crippen LogP contribution in [0.3, 0.4) is 0 Å². The Morgan fingerprint density at radius 1 is 0.900 bits per heavy atom. The second-order valence-electron chi connectivity index (χ2n) is 4.99. The largest absolute Gasteiger partial charge is 0.353 e. The minimum Gasteiger partial charge on any atom is -0.353 e. The van der Waals surface area contributed by atoms with E-state index >= 15 is 0 Å². The van der Waals surface area contributed by atoms with Crippen molar-refractivity contribution in [2.75, 3.05) is 27.2 Å². The first-order chi connectivity index (χ1) is 9.75. The predicted molar refractivity (Wildman–Crippen MR) is 87.6 cm³/mol. The molecule has 0 bridgehead atoms. The van der Waals surface area contributed by atoms with Crippen LogP contribution in [0.2, 0.25) is 0 Å². The van der Waals surface area contributed by atoms with E-state index in [9.17, 15) is 0 Å². The molecule has 0 saturated carbocycles. The van der Waals surface area contributed by atoms with E-state index in [1.807, 2.05) is 0 Å². The van der Waals surface area contributed by atoms with E-state index in [-0.39, 0.29) is 0 Å². The maximum absolute atomic E-state index is 6.17. The molecular formula is C17H22NOP. The molecule has 0 N–H and O–H groups in total. The van der Waals surface area contributed by atoms with E-state index < -0.39 is 8.15 Å². The van der Waals surface area contributed by atoms with E-state index in [4.69, 9.17) is 4.52 Å². The Bertz CT molecular complexity index is 487. The van der Waals surface area contributed by atoms with Crippen LogP contribution in [0.15, 0.2) is 60.7 Å². The highest BCUT2D eigenvalue weighted by Crippen LogP contribution is 2.39. The molecule has 1 unspecified atom stereocenters. The summed E-state index contributed by atoms with van der Waals surface area (Å²) in [6.07, 6.45) is 0.980. The maximum Gasteiger partial charge on any atom is 0.0649 e. The molecule has 3 heteroatoms. The van der Waals surface area contributed by atoms with E-state index in [0.29, 0.717) is 0 Å². The third-order valence-electron chi connectivity index (χ3n) is 3.00. The summed E-state index contributed by atoms with van der Waals surface area (Å²) < 4.78 is 6.17. The van der Waals surface area contributed by atoms with Crippen LogP contribution in [0.25, 0.3) is 0 Å². The van der Waals surface area contributed by atoms with Crippen molar-refractivity contribution in [3.8, 4) is 0 Å². The Hall–Kier alpha value is -1.21. The Kier molecular flexibility index (Phi) is 6.20. The maximum atomic E-state index is 6.17. The summed E-state index contributed by atoms with van der Waals surface area (Å²) in [6, 6.07) is 21.2. The normalized spacial score (nSPS) is 12.6. The van der Waals surface area contributed by atoms with Gasteiger partial charge in [0.15, 0.2) is 0 Å². The fraction of sp³-hybridized carbons (Fsp3) is 0.294. The lowest BCUT2D eigenvalue weighted by Gasteiger charge is -2.19. The van der Waals surface area contributed by atoms with Gasteiger partial charge in [-0.25, -0.2) is 0 Å². The Balaban J connectivity index is 2.04. The van der Waals surface area contributed by atoms with Crippen molar-refractivity contribution in [2.24, 2.45) is 0 Å². The first-order valence-corrected chi connectivity index (χ1v) is 8.34. The van der Waals surface area contributed by atoms with Crippen molar-refractivity contribution in [3.63, 3.8) is 0 Å².